The summed E-state index contributed by atoms with van der Waals surface area (Å²) in [5, 5.41) is 19.5. The number of methoxy groups -OCH3 is 1. The lowest BCUT2D eigenvalue weighted by molar-refractivity contribution is -0.189. The third-order valence-electron chi connectivity index (χ3n) is 13.2. The van der Waals surface area contributed by atoms with E-state index in [0.29, 0.717) is 43.3 Å². The van der Waals surface area contributed by atoms with E-state index < -0.39 is 41.0 Å². The van der Waals surface area contributed by atoms with Crippen LogP contribution in [-0.4, -0.2) is 141 Å². The van der Waals surface area contributed by atoms with Crippen molar-refractivity contribution in [3.8, 4) is 22.5 Å². The van der Waals surface area contributed by atoms with Crippen LogP contribution in [0.1, 0.15) is 76.8 Å². The molecule has 0 aliphatic carbocycles. The van der Waals surface area contributed by atoms with E-state index in [0.717, 1.165) is 39.0 Å². The molecule has 6 bridgehead atoms. The summed E-state index contributed by atoms with van der Waals surface area (Å²) < 4.78 is 14.0. The fraction of sp³-hybridized carbons (Fsp3) is 0.531. The van der Waals surface area contributed by atoms with Crippen molar-refractivity contribution in [3.05, 3.63) is 70.8 Å². The average molecular weight is 940 g/mol. The molecule has 360 valence electrons. The molecule has 7 rings (SSSR count). The monoisotopic (exact) mass is 939 g/mol. The summed E-state index contributed by atoms with van der Waals surface area (Å²) in [7, 11) is 4.92. The minimum atomic E-state index is -2.23. The molecule has 3 aliphatic rings. The second-order valence-corrected chi connectivity index (χ2v) is 20.2. The Labute approximate surface area is 396 Å². The molecule has 0 saturated carbocycles. The van der Waals surface area contributed by atoms with E-state index in [2.05, 4.69) is 47.0 Å². The number of hydrazine groups is 1. The molecule has 67 heavy (non-hydrogen) atoms. The summed E-state index contributed by atoms with van der Waals surface area (Å²) in [6.45, 7) is 17.4. The van der Waals surface area contributed by atoms with E-state index in [-0.39, 0.29) is 62.3 Å². The number of benzene rings is 1. The predicted octanol–water partition coefficient (Wildman–Crippen LogP) is 5.18. The Hall–Kier alpha value is -5.69. The number of aryl methyl sites for hydroxylation is 1. The summed E-state index contributed by atoms with van der Waals surface area (Å²) in [5.41, 5.74) is 6.22. The molecule has 0 unspecified atom stereocenters. The smallest absolute Gasteiger partial charge is 0.355 e. The number of rotatable bonds is 11. The van der Waals surface area contributed by atoms with Crippen LogP contribution in [0.15, 0.2) is 54.6 Å². The molecule has 2 saturated heterocycles. The fourth-order valence-electron chi connectivity index (χ4n) is 9.60. The number of urea groups is 1. The second-order valence-electron chi connectivity index (χ2n) is 19.3. The fourth-order valence-corrected chi connectivity index (χ4v) is 10.5. The van der Waals surface area contributed by atoms with Gasteiger partial charge in [-0.05, 0) is 68.5 Å². The van der Waals surface area contributed by atoms with Crippen LogP contribution in [0.2, 0.25) is 0 Å². The Balaban J connectivity index is 1.25. The number of amides is 5. The minimum Gasteiger partial charge on any atom is -0.462 e. The van der Waals surface area contributed by atoms with Crippen LogP contribution in [0, 0.1) is 17.3 Å². The molecule has 4 atom stereocenters. The number of likely N-dealkylation sites (N-methyl/N-ethyl adjacent to an activating group) is 2. The van der Waals surface area contributed by atoms with Gasteiger partial charge in [-0.25, -0.2) is 14.6 Å². The van der Waals surface area contributed by atoms with Gasteiger partial charge in [-0.1, -0.05) is 40.3 Å². The molecule has 0 spiro atoms. The average Bonchev–Trinajstić information content (AvgIpc) is 3.88. The summed E-state index contributed by atoms with van der Waals surface area (Å²) in [6, 6.07) is 7.73. The van der Waals surface area contributed by atoms with E-state index in [1.807, 2.05) is 52.1 Å². The van der Waals surface area contributed by atoms with Crippen LogP contribution < -0.4 is 10.7 Å². The predicted molar refractivity (Wildman–Crippen MR) is 255 cm³/mol. The van der Waals surface area contributed by atoms with Crippen molar-refractivity contribution in [3.63, 3.8) is 0 Å². The Morgan fingerprint density at radius 2 is 1.91 bits per heavy atom. The largest absolute Gasteiger partial charge is 0.462 e. The van der Waals surface area contributed by atoms with Crippen LogP contribution in [0.4, 0.5) is 4.79 Å². The molecule has 17 nitrogen and oxygen atoms in total. The highest BCUT2D eigenvalue weighted by molar-refractivity contribution is 7.10. The molecule has 3 N–H and O–H groups in total. The molecule has 0 radical (unpaired) electrons. The topological polar surface area (TPSA) is 192 Å². The first-order chi connectivity index (χ1) is 31.8. The number of aliphatic hydroxyl groups is 1. The summed E-state index contributed by atoms with van der Waals surface area (Å²) in [4.78, 5) is 83.3. The van der Waals surface area contributed by atoms with Crippen molar-refractivity contribution >= 4 is 52.0 Å². The first-order valence-corrected chi connectivity index (χ1v) is 23.9. The molecule has 4 aromatic rings. The number of esters is 1. The van der Waals surface area contributed by atoms with Gasteiger partial charge in [-0.2, -0.15) is 5.43 Å². The number of pyridine rings is 1. The van der Waals surface area contributed by atoms with Crippen molar-refractivity contribution in [1.82, 2.24) is 45.0 Å². The highest BCUT2D eigenvalue weighted by atomic mass is 32.1. The number of ether oxygens (including phenoxy) is 2. The molecule has 1 aromatic carbocycles. The maximum atomic E-state index is 14.6. The van der Waals surface area contributed by atoms with Crippen molar-refractivity contribution in [2.75, 3.05) is 54.0 Å². The van der Waals surface area contributed by atoms with Gasteiger partial charge >= 0.3 is 12.0 Å². The van der Waals surface area contributed by atoms with E-state index in [1.165, 1.54) is 27.3 Å². The molecule has 2 fully saturated rings. The summed E-state index contributed by atoms with van der Waals surface area (Å²) in [6.07, 6.45) is 3.46. The first kappa shape index (κ1) is 49.2. The number of thiazole rings is 1. The zero-order valence-corrected chi connectivity index (χ0v) is 40.9. The SMILES string of the molecule is C=CC(=O)N(C)CC1CN(C(=O)N(C)[C@H](C(=O)N[C@H]2Cc3nc(cs3)-c3ccc4c(c3)c(c(-c3cccnc3[C@H](C)OC)n4CC)CC(C)(C)COC(=O)[C@@]3(O)CCCN(N3)C2=O)C(C)C)C1. The van der Waals surface area contributed by atoms with Crippen LogP contribution in [-0.2, 0) is 48.0 Å². The van der Waals surface area contributed by atoms with Crippen LogP contribution in [0.3, 0.4) is 0 Å². The van der Waals surface area contributed by atoms with Crippen LogP contribution >= 0.6 is 11.3 Å². The van der Waals surface area contributed by atoms with E-state index in [4.69, 9.17) is 19.4 Å². The summed E-state index contributed by atoms with van der Waals surface area (Å²) >= 11 is 1.36. The zero-order valence-electron chi connectivity index (χ0n) is 40.1. The molecular formula is C49H65N9O8S. The molecule has 3 aromatic heterocycles. The zero-order chi connectivity index (χ0) is 48.5. The Kier molecular flexibility index (Phi) is 14.6. The maximum Gasteiger partial charge on any atom is 0.355 e. The Bertz CT molecular complexity index is 2530. The third-order valence-corrected chi connectivity index (χ3v) is 14.1. The lowest BCUT2D eigenvalue weighted by atomic mass is 9.84. The van der Waals surface area contributed by atoms with E-state index >= 15 is 0 Å². The van der Waals surface area contributed by atoms with Crippen molar-refractivity contribution in [2.45, 2.75) is 97.7 Å². The van der Waals surface area contributed by atoms with E-state index in [1.54, 1.807) is 37.2 Å². The maximum absolute atomic E-state index is 14.6. The van der Waals surface area contributed by atoms with Crippen molar-refractivity contribution < 1.29 is 38.6 Å². The lowest BCUT2D eigenvalue weighted by Crippen LogP contribution is -2.67. The number of aromatic nitrogens is 3. The molecule has 18 heteroatoms. The molecule has 3 aliphatic heterocycles. The van der Waals surface area contributed by atoms with Crippen LogP contribution in [0.5, 0.6) is 0 Å². The Morgan fingerprint density at radius 3 is 2.60 bits per heavy atom. The van der Waals surface area contributed by atoms with Gasteiger partial charge < -0.3 is 39.2 Å². The van der Waals surface area contributed by atoms with E-state index in [9.17, 15) is 29.1 Å². The highest BCUT2D eigenvalue weighted by Crippen LogP contribution is 2.42. The van der Waals surface area contributed by atoms with Gasteiger partial charge in [-0.3, -0.25) is 24.4 Å². The lowest BCUT2D eigenvalue weighted by Gasteiger charge is -2.44. The van der Waals surface area contributed by atoms with Crippen LogP contribution in [0.25, 0.3) is 33.4 Å². The van der Waals surface area contributed by atoms with Crippen molar-refractivity contribution in [1.29, 1.82) is 0 Å². The summed E-state index contributed by atoms with van der Waals surface area (Å²) in [5.74, 6) is -2.52. The molecule has 6 heterocycles. The number of nitrogens with one attached hydrogen (secondary N) is 2. The van der Waals surface area contributed by atoms with Gasteiger partial charge in [0.2, 0.25) is 17.5 Å². The van der Waals surface area contributed by atoms with Gasteiger partial charge in [0.15, 0.2) is 0 Å². The number of carbonyl (C=O) groups is 5. The van der Waals surface area contributed by atoms with Gasteiger partial charge in [0, 0.05) is 112 Å². The Morgan fingerprint density at radius 1 is 1.16 bits per heavy atom. The highest BCUT2D eigenvalue weighted by Gasteiger charge is 2.46. The number of hydrogen-bond acceptors (Lipinski definition) is 12. The molecular weight excluding hydrogens is 875 g/mol. The van der Waals surface area contributed by atoms with Gasteiger partial charge in [0.25, 0.3) is 5.91 Å². The minimum absolute atomic E-state index is 0.0109. The number of carbonyl (C=O) groups excluding carboxylic acids is 5. The normalized spacial score (nSPS) is 21.0. The van der Waals surface area contributed by atoms with Gasteiger partial charge in [0.1, 0.15) is 12.1 Å². The first-order valence-electron chi connectivity index (χ1n) is 23.1. The second kappa shape index (κ2) is 19.9. The van der Waals surface area contributed by atoms with Gasteiger partial charge in [0.05, 0.1) is 34.8 Å². The third kappa shape index (κ3) is 10.1. The number of likely N-dealkylation sites (tertiary alicyclic amines) is 1. The number of nitrogens with zero attached hydrogens (tertiary/aromatic N) is 7. The standard InChI is InChI=1S/C49H65N9O8S/c1-11-40(59)54(8)24-31-25-56(26-31)47(63)55(9)42(29(3)4)44(60)52-36-22-39-51-37(27-67-39)32-16-17-38-34(21-32)35(43(57(38)12-2)33-15-13-19-50-41(33)30(5)65-10)23-48(6,7)28-66-46(62)49(64)18-14-20-58(53-49)45(36)61/h11,13,15-17,19,21,27,29-31,36,42,53,64H,1,12,14,18,20,22-26,28H2,2-10H3,(H,52,60)/t30-,36-,42-,49-/m0/s1. The molecule has 5 amide bonds. The number of cyclic esters (lactones) is 1. The van der Waals surface area contributed by atoms with Crippen molar-refractivity contribution in [2.24, 2.45) is 17.3 Å². The number of hydrogen-bond donors (Lipinski definition) is 3. The van der Waals surface area contributed by atoms with Gasteiger partial charge in [-0.15, -0.1) is 11.3 Å². The quantitative estimate of drug-likeness (QED) is 0.133. The number of fused-ring (bicyclic) bond motifs is 6.